The summed E-state index contributed by atoms with van der Waals surface area (Å²) in [7, 11) is -3.66. The van der Waals surface area contributed by atoms with E-state index < -0.39 is 21.4 Å². The molecule has 0 aromatic heterocycles. The molecule has 1 N–H and O–H groups in total. The smallest absolute Gasteiger partial charge is 0.316 e. The van der Waals surface area contributed by atoms with E-state index in [1.165, 1.54) is 4.31 Å². The van der Waals surface area contributed by atoms with Gasteiger partial charge in [-0.15, -0.1) is 0 Å². The van der Waals surface area contributed by atoms with Gasteiger partial charge in [-0.25, -0.2) is 8.42 Å². The molecule has 1 aliphatic carbocycles. The fourth-order valence-corrected chi connectivity index (χ4v) is 6.04. The van der Waals surface area contributed by atoms with Gasteiger partial charge in [-0.3, -0.25) is 9.59 Å². The van der Waals surface area contributed by atoms with Gasteiger partial charge in [0.2, 0.25) is 15.9 Å². The molecule has 0 radical (unpaired) electrons. The fourth-order valence-electron chi connectivity index (χ4n) is 4.25. The van der Waals surface area contributed by atoms with Crippen LogP contribution in [0.25, 0.3) is 0 Å². The maximum absolute atomic E-state index is 13.0. The first-order valence-corrected chi connectivity index (χ1v) is 13.3. The van der Waals surface area contributed by atoms with Gasteiger partial charge in [-0.1, -0.05) is 28.1 Å². The van der Waals surface area contributed by atoms with Crippen molar-refractivity contribution < 1.29 is 22.7 Å². The predicted octanol–water partition coefficient (Wildman–Crippen LogP) is 4.08. The third-order valence-corrected chi connectivity index (χ3v) is 8.74. The van der Waals surface area contributed by atoms with Crippen molar-refractivity contribution in [2.75, 3.05) is 25.0 Å². The number of halogens is 1. The first-order chi connectivity index (χ1) is 15.8. The number of carbonyl (C=O) groups excluding carboxylic acids is 2. The number of esters is 1. The molecule has 1 saturated carbocycles. The van der Waals surface area contributed by atoms with Gasteiger partial charge in [-0.2, -0.15) is 4.31 Å². The van der Waals surface area contributed by atoms with Crippen molar-refractivity contribution in [3.8, 4) is 0 Å². The number of amides is 1. The number of nitrogens with zero attached hydrogens (tertiary/aromatic N) is 1. The lowest BCUT2D eigenvalue weighted by atomic mass is 9.95. The van der Waals surface area contributed by atoms with Crippen molar-refractivity contribution in [1.82, 2.24) is 4.31 Å². The van der Waals surface area contributed by atoms with Crippen molar-refractivity contribution in [3.05, 3.63) is 58.6 Å². The number of nitrogens with one attached hydrogen (secondary N) is 1. The molecule has 33 heavy (non-hydrogen) atoms. The molecule has 2 aromatic rings. The molecule has 176 valence electrons. The van der Waals surface area contributed by atoms with Crippen LogP contribution >= 0.6 is 15.9 Å². The summed E-state index contributed by atoms with van der Waals surface area (Å²) in [4.78, 5) is 25.4. The molecule has 4 rings (SSSR count). The monoisotopic (exact) mass is 534 g/mol. The van der Waals surface area contributed by atoms with E-state index in [1.54, 1.807) is 43.3 Å². The van der Waals surface area contributed by atoms with Crippen LogP contribution in [0.15, 0.2) is 57.9 Å². The molecule has 1 heterocycles. The van der Waals surface area contributed by atoms with Crippen LogP contribution in [0.5, 0.6) is 0 Å². The van der Waals surface area contributed by atoms with Crippen molar-refractivity contribution in [1.29, 1.82) is 0 Å². The van der Waals surface area contributed by atoms with Crippen molar-refractivity contribution in [2.45, 2.75) is 42.9 Å². The average Bonchev–Trinajstić information content (AvgIpc) is 3.62. The maximum atomic E-state index is 13.0. The molecule has 0 spiro atoms. The van der Waals surface area contributed by atoms with Gasteiger partial charge < -0.3 is 10.1 Å². The molecule has 7 nitrogen and oxygen atoms in total. The Balaban J connectivity index is 1.40. The van der Waals surface area contributed by atoms with Crippen LogP contribution in [-0.2, 0) is 29.8 Å². The van der Waals surface area contributed by atoms with Crippen molar-refractivity contribution in [2.24, 2.45) is 5.92 Å². The second-order valence-corrected chi connectivity index (χ2v) is 11.4. The zero-order valence-electron chi connectivity index (χ0n) is 18.4. The third kappa shape index (κ3) is 5.00. The number of anilines is 1. The second-order valence-electron chi connectivity index (χ2n) is 8.53. The molecule has 2 aromatic carbocycles. The molecule has 2 fully saturated rings. The van der Waals surface area contributed by atoms with E-state index in [0.717, 1.165) is 22.9 Å². The summed E-state index contributed by atoms with van der Waals surface area (Å²) in [6, 6.07) is 13.8. The van der Waals surface area contributed by atoms with Gasteiger partial charge in [-0.05, 0) is 74.6 Å². The summed E-state index contributed by atoms with van der Waals surface area (Å²) in [5.74, 6) is -0.834. The highest BCUT2D eigenvalue weighted by molar-refractivity contribution is 9.10. The highest BCUT2D eigenvalue weighted by atomic mass is 79.9. The second kappa shape index (κ2) is 9.56. The molecule has 0 bridgehead atoms. The number of ether oxygens (including phenoxy) is 1. The van der Waals surface area contributed by atoms with Crippen molar-refractivity contribution >= 4 is 43.5 Å². The highest BCUT2D eigenvalue weighted by Gasteiger charge is 2.52. The largest absolute Gasteiger partial charge is 0.465 e. The number of carbonyl (C=O) groups is 2. The van der Waals surface area contributed by atoms with E-state index in [0.29, 0.717) is 31.7 Å². The Kier molecular flexibility index (Phi) is 6.93. The van der Waals surface area contributed by atoms with E-state index in [4.69, 9.17) is 4.74 Å². The number of hydrogen-bond donors (Lipinski definition) is 1. The zero-order chi connectivity index (χ0) is 23.6. The normalized spacial score (nSPS) is 20.1. The maximum Gasteiger partial charge on any atom is 0.316 e. The van der Waals surface area contributed by atoms with Gasteiger partial charge in [0, 0.05) is 23.2 Å². The van der Waals surface area contributed by atoms with Crippen LogP contribution in [0.4, 0.5) is 5.69 Å². The number of rotatable bonds is 7. The third-order valence-electron chi connectivity index (χ3n) is 6.33. The van der Waals surface area contributed by atoms with Crippen LogP contribution in [0.3, 0.4) is 0 Å². The summed E-state index contributed by atoms with van der Waals surface area (Å²) >= 11 is 3.32. The Bertz CT molecular complexity index is 1130. The zero-order valence-corrected chi connectivity index (χ0v) is 20.8. The molecule has 1 amide bonds. The fraction of sp³-hybridized carbons (Fsp3) is 0.417. The lowest BCUT2D eigenvalue weighted by Gasteiger charge is -2.31. The molecule has 0 unspecified atom stereocenters. The van der Waals surface area contributed by atoms with E-state index in [9.17, 15) is 18.0 Å². The van der Waals surface area contributed by atoms with Crippen LogP contribution in [0, 0.1) is 5.92 Å². The highest BCUT2D eigenvalue weighted by Crippen LogP contribution is 2.49. The minimum absolute atomic E-state index is 0.147. The lowest BCUT2D eigenvalue weighted by molar-refractivity contribution is -0.146. The molecule has 1 saturated heterocycles. The van der Waals surface area contributed by atoms with E-state index in [-0.39, 0.29) is 23.3 Å². The molecule has 1 atom stereocenters. The number of piperidine rings is 1. The molecule has 2 aliphatic rings. The van der Waals surface area contributed by atoms with Gasteiger partial charge in [0.1, 0.15) is 0 Å². The van der Waals surface area contributed by atoms with Gasteiger partial charge >= 0.3 is 5.97 Å². The number of benzene rings is 2. The summed E-state index contributed by atoms with van der Waals surface area (Å²) in [6.07, 6.45) is 2.78. The minimum Gasteiger partial charge on any atom is -0.465 e. The Morgan fingerprint density at radius 2 is 1.79 bits per heavy atom. The lowest BCUT2D eigenvalue weighted by Crippen LogP contribution is -2.43. The Hall–Kier alpha value is -2.23. The predicted molar refractivity (Wildman–Crippen MR) is 128 cm³/mol. The number of sulfonamides is 1. The molecule has 1 aliphatic heterocycles. The summed E-state index contributed by atoms with van der Waals surface area (Å²) < 4.78 is 33.4. The van der Waals surface area contributed by atoms with Crippen molar-refractivity contribution in [3.63, 3.8) is 0 Å². The SMILES string of the molecule is CCOC(=O)C1(c2ccc(NC(=O)[C@@H]3CCCN(S(=O)(=O)c4ccc(Br)cc4)C3)cc2)CC1. The van der Waals surface area contributed by atoms with Crippen LogP contribution in [0.1, 0.15) is 38.2 Å². The number of hydrogen-bond acceptors (Lipinski definition) is 5. The molecule has 9 heteroatoms. The average molecular weight is 535 g/mol. The van der Waals surface area contributed by atoms with Crippen LogP contribution in [0.2, 0.25) is 0 Å². The van der Waals surface area contributed by atoms with E-state index in [1.807, 2.05) is 12.1 Å². The first kappa shape index (κ1) is 23.9. The van der Waals surface area contributed by atoms with E-state index >= 15 is 0 Å². The van der Waals surface area contributed by atoms with E-state index in [2.05, 4.69) is 21.2 Å². The Morgan fingerprint density at radius 1 is 1.12 bits per heavy atom. The van der Waals surface area contributed by atoms with Gasteiger partial charge in [0.15, 0.2) is 0 Å². The quantitative estimate of drug-likeness (QED) is 0.540. The standard InChI is InChI=1S/C24H27BrN2O5S/c1-2-32-23(29)24(13-14-24)18-5-9-20(10-6-18)26-22(28)17-4-3-15-27(16-17)33(30,31)21-11-7-19(25)8-12-21/h5-12,17H,2-4,13-16H2,1H3,(H,26,28)/t17-/m1/s1. The first-order valence-electron chi connectivity index (χ1n) is 11.1. The Morgan fingerprint density at radius 3 is 2.39 bits per heavy atom. The summed E-state index contributed by atoms with van der Waals surface area (Å²) in [5, 5.41) is 2.90. The van der Waals surface area contributed by atoms with Crippen LogP contribution < -0.4 is 5.32 Å². The molecular formula is C24H27BrN2O5S. The molecular weight excluding hydrogens is 508 g/mol. The minimum atomic E-state index is -3.66. The van der Waals surface area contributed by atoms with Crippen LogP contribution in [-0.4, -0.2) is 44.3 Å². The topological polar surface area (TPSA) is 92.8 Å². The van der Waals surface area contributed by atoms with Gasteiger partial charge in [0.05, 0.1) is 22.8 Å². The Labute approximate surface area is 202 Å². The summed E-state index contributed by atoms with van der Waals surface area (Å²) in [5.41, 5.74) is 0.962. The van der Waals surface area contributed by atoms with Gasteiger partial charge in [0.25, 0.3) is 0 Å². The summed E-state index contributed by atoms with van der Waals surface area (Å²) in [6.45, 7) is 2.69.